The summed E-state index contributed by atoms with van der Waals surface area (Å²) in [5.74, 6) is 1.22. The molecule has 0 aromatic rings. The number of rotatable bonds is 1. The van der Waals surface area contributed by atoms with Crippen LogP contribution >= 0.6 is 12.4 Å². The minimum absolute atomic E-state index is 0. The molecule has 3 nitrogen and oxygen atoms in total. The molecule has 1 amide bonds. The van der Waals surface area contributed by atoms with Gasteiger partial charge in [-0.2, -0.15) is 0 Å². The molecule has 2 unspecified atom stereocenters. The standard InChI is InChI=1S/C11H19FN2O.ClH/c1-7-5-14(6-8(7)2)11(15)10-3-9(12)4-13-10;/h7-10,13H,3-6H2,1-2H3;1H/t7?,8?,9-,10+;/m0./s1. The van der Waals surface area contributed by atoms with Crippen LogP contribution < -0.4 is 5.32 Å². The number of likely N-dealkylation sites (tertiary alicyclic amines) is 1. The Balaban J connectivity index is 0.00000128. The molecule has 4 atom stereocenters. The lowest BCUT2D eigenvalue weighted by molar-refractivity contribution is -0.132. The van der Waals surface area contributed by atoms with Gasteiger partial charge in [0.25, 0.3) is 0 Å². The Morgan fingerprint density at radius 2 is 1.88 bits per heavy atom. The van der Waals surface area contributed by atoms with E-state index in [1.807, 2.05) is 4.90 Å². The monoisotopic (exact) mass is 250 g/mol. The van der Waals surface area contributed by atoms with Crippen molar-refractivity contribution in [2.24, 2.45) is 11.8 Å². The topological polar surface area (TPSA) is 32.3 Å². The predicted molar refractivity (Wildman–Crippen MR) is 63.5 cm³/mol. The maximum atomic E-state index is 12.9. The molecule has 0 spiro atoms. The number of carbonyl (C=O) groups is 1. The number of halogens is 2. The largest absolute Gasteiger partial charge is 0.341 e. The van der Waals surface area contributed by atoms with E-state index >= 15 is 0 Å². The normalized spacial score (nSPS) is 38.6. The lowest BCUT2D eigenvalue weighted by Crippen LogP contribution is -2.42. The van der Waals surface area contributed by atoms with E-state index in [0.29, 0.717) is 24.8 Å². The van der Waals surface area contributed by atoms with Gasteiger partial charge in [0.2, 0.25) is 5.91 Å². The van der Waals surface area contributed by atoms with Gasteiger partial charge in [-0.25, -0.2) is 4.39 Å². The molecule has 2 saturated heterocycles. The SMILES string of the molecule is CC1CN(C(=O)[C@H]2C[C@H](F)CN2)CC1C.Cl. The van der Waals surface area contributed by atoms with E-state index in [-0.39, 0.29) is 24.4 Å². The minimum atomic E-state index is -0.851. The minimum Gasteiger partial charge on any atom is -0.341 e. The zero-order chi connectivity index (χ0) is 11.0. The quantitative estimate of drug-likeness (QED) is 0.759. The molecule has 2 rings (SSSR count). The van der Waals surface area contributed by atoms with Crippen molar-refractivity contribution >= 4 is 18.3 Å². The van der Waals surface area contributed by atoms with Crippen LogP contribution in [0.25, 0.3) is 0 Å². The maximum absolute atomic E-state index is 12.9. The summed E-state index contributed by atoms with van der Waals surface area (Å²) in [4.78, 5) is 13.9. The Hall–Kier alpha value is -0.350. The average Bonchev–Trinajstić information content (AvgIpc) is 2.74. The summed E-state index contributed by atoms with van der Waals surface area (Å²) in [6.45, 7) is 6.32. The van der Waals surface area contributed by atoms with E-state index in [2.05, 4.69) is 19.2 Å². The molecule has 0 radical (unpaired) electrons. The van der Waals surface area contributed by atoms with Gasteiger partial charge in [-0.15, -0.1) is 12.4 Å². The van der Waals surface area contributed by atoms with E-state index in [0.717, 1.165) is 13.1 Å². The van der Waals surface area contributed by atoms with Crippen molar-refractivity contribution in [3.05, 3.63) is 0 Å². The van der Waals surface area contributed by atoms with Crippen molar-refractivity contribution in [1.29, 1.82) is 0 Å². The van der Waals surface area contributed by atoms with Gasteiger partial charge in [0.05, 0.1) is 6.04 Å². The van der Waals surface area contributed by atoms with Crippen molar-refractivity contribution in [2.75, 3.05) is 19.6 Å². The molecule has 2 fully saturated rings. The second kappa shape index (κ2) is 5.32. The average molecular weight is 251 g/mol. The van der Waals surface area contributed by atoms with Gasteiger partial charge in [0.1, 0.15) is 6.17 Å². The number of hydrogen-bond acceptors (Lipinski definition) is 2. The molecular formula is C11H20ClFN2O. The fourth-order valence-corrected chi connectivity index (χ4v) is 2.41. The van der Waals surface area contributed by atoms with Crippen molar-refractivity contribution in [1.82, 2.24) is 10.2 Å². The lowest BCUT2D eigenvalue weighted by atomic mass is 10.0. The molecule has 2 aliphatic rings. The Kier molecular flexibility index (Phi) is 4.56. The molecule has 2 aliphatic heterocycles. The summed E-state index contributed by atoms with van der Waals surface area (Å²) in [5.41, 5.74) is 0. The number of nitrogens with zero attached hydrogens (tertiary/aromatic N) is 1. The van der Waals surface area contributed by atoms with E-state index in [1.54, 1.807) is 0 Å². The Labute approximate surface area is 102 Å². The fraction of sp³-hybridized carbons (Fsp3) is 0.909. The molecule has 0 aliphatic carbocycles. The van der Waals surface area contributed by atoms with Gasteiger partial charge < -0.3 is 10.2 Å². The molecule has 16 heavy (non-hydrogen) atoms. The Bertz CT molecular complexity index is 254. The van der Waals surface area contributed by atoms with Gasteiger partial charge in [-0.1, -0.05) is 13.8 Å². The molecule has 94 valence electrons. The van der Waals surface area contributed by atoms with Crippen molar-refractivity contribution in [3.63, 3.8) is 0 Å². The van der Waals surface area contributed by atoms with Crippen LogP contribution in [0.5, 0.6) is 0 Å². The number of alkyl halides is 1. The third kappa shape index (κ3) is 2.66. The Morgan fingerprint density at radius 1 is 1.31 bits per heavy atom. The summed E-state index contributed by atoms with van der Waals surface area (Å²) in [6, 6.07) is -0.280. The van der Waals surface area contributed by atoms with Crippen molar-refractivity contribution < 1.29 is 9.18 Å². The Morgan fingerprint density at radius 3 is 2.31 bits per heavy atom. The van der Waals surface area contributed by atoms with Crippen LogP contribution in [0, 0.1) is 11.8 Å². The first-order chi connectivity index (χ1) is 7.08. The maximum Gasteiger partial charge on any atom is 0.239 e. The second-order valence-electron chi connectivity index (χ2n) is 4.99. The highest BCUT2D eigenvalue weighted by Gasteiger charge is 2.36. The number of hydrogen-bond donors (Lipinski definition) is 1. The molecule has 0 bridgehead atoms. The molecule has 2 heterocycles. The van der Waals surface area contributed by atoms with Crippen LogP contribution in [0.15, 0.2) is 0 Å². The van der Waals surface area contributed by atoms with E-state index in [1.165, 1.54) is 0 Å². The summed E-state index contributed by atoms with van der Waals surface area (Å²) < 4.78 is 12.9. The number of carbonyl (C=O) groups excluding carboxylic acids is 1. The van der Waals surface area contributed by atoms with Crippen LogP contribution in [0.3, 0.4) is 0 Å². The highest BCUT2D eigenvalue weighted by molar-refractivity contribution is 5.85. The number of amides is 1. The lowest BCUT2D eigenvalue weighted by Gasteiger charge is -2.20. The van der Waals surface area contributed by atoms with E-state index < -0.39 is 6.17 Å². The van der Waals surface area contributed by atoms with Crippen LogP contribution in [0.4, 0.5) is 4.39 Å². The zero-order valence-corrected chi connectivity index (χ0v) is 10.6. The van der Waals surface area contributed by atoms with Crippen molar-refractivity contribution in [3.8, 4) is 0 Å². The molecule has 0 aromatic carbocycles. The first-order valence-electron chi connectivity index (χ1n) is 5.74. The molecule has 1 N–H and O–H groups in total. The first-order valence-corrected chi connectivity index (χ1v) is 5.74. The molecule has 0 saturated carbocycles. The van der Waals surface area contributed by atoms with Gasteiger partial charge in [-0.05, 0) is 11.8 Å². The highest BCUT2D eigenvalue weighted by Crippen LogP contribution is 2.24. The third-order valence-corrected chi connectivity index (χ3v) is 3.68. The summed E-state index contributed by atoms with van der Waals surface area (Å²) in [5, 5.41) is 2.95. The van der Waals surface area contributed by atoms with Crippen LogP contribution in [-0.2, 0) is 4.79 Å². The molecule has 0 aromatic heterocycles. The summed E-state index contributed by atoms with van der Waals surface area (Å²) in [6.07, 6.45) is -0.505. The smallest absolute Gasteiger partial charge is 0.239 e. The van der Waals surface area contributed by atoms with Gasteiger partial charge in [0, 0.05) is 26.1 Å². The van der Waals surface area contributed by atoms with Crippen LogP contribution in [0.1, 0.15) is 20.3 Å². The summed E-state index contributed by atoms with van der Waals surface area (Å²) >= 11 is 0. The zero-order valence-electron chi connectivity index (χ0n) is 9.78. The van der Waals surface area contributed by atoms with Gasteiger partial charge >= 0.3 is 0 Å². The van der Waals surface area contributed by atoms with E-state index in [9.17, 15) is 9.18 Å². The summed E-state index contributed by atoms with van der Waals surface area (Å²) in [7, 11) is 0. The van der Waals surface area contributed by atoms with Gasteiger partial charge in [-0.3, -0.25) is 4.79 Å². The van der Waals surface area contributed by atoms with Crippen molar-refractivity contribution in [2.45, 2.75) is 32.5 Å². The van der Waals surface area contributed by atoms with Crippen LogP contribution in [0.2, 0.25) is 0 Å². The van der Waals surface area contributed by atoms with Gasteiger partial charge in [0.15, 0.2) is 0 Å². The molecular weight excluding hydrogens is 231 g/mol. The fourth-order valence-electron chi connectivity index (χ4n) is 2.41. The third-order valence-electron chi connectivity index (χ3n) is 3.68. The first kappa shape index (κ1) is 13.7. The van der Waals surface area contributed by atoms with Crippen LogP contribution in [-0.4, -0.2) is 42.7 Å². The predicted octanol–water partition coefficient (Wildman–Crippen LogP) is 1.22. The second-order valence-corrected chi connectivity index (χ2v) is 4.99. The van der Waals surface area contributed by atoms with E-state index in [4.69, 9.17) is 0 Å². The highest BCUT2D eigenvalue weighted by atomic mass is 35.5. The molecule has 5 heteroatoms. The number of nitrogens with one attached hydrogen (secondary N) is 1.